The largest absolute Gasteiger partial charge is 0.404 e. The first-order valence-corrected chi connectivity index (χ1v) is 9.62. The van der Waals surface area contributed by atoms with Crippen molar-refractivity contribution in [2.24, 2.45) is 10.7 Å². The van der Waals surface area contributed by atoms with Crippen LogP contribution in [0.2, 0.25) is 0 Å². The number of anilines is 2. The van der Waals surface area contributed by atoms with Gasteiger partial charge in [-0.15, -0.1) is 0 Å². The lowest BCUT2D eigenvalue weighted by atomic mass is 9.97. The van der Waals surface area contributed by atoms with Crippen LogP contribution in [0.5, 0.6) is 0 Å². The molecule has 0 spiro atoms. The first-order chi connectivity index (χ1) is 13.9. The summed E-state index contributed by atoms with van der Waals surface area (Å²) in [5.74, 6) is 0.838. The lowest BCUT2D eigenvalue weighted by Gasteiger charge is -2.36. The van der Waals surface area contributed by atoms with Crippen molar-refractivity contribution in [3.05, 3.63) is 59.4 Å². The molecule has 0 bridgehead atoms. The van der Waals surface area contributed by atoms with E-state index in [0.717, 1.165) is 35.6 Å². The monoisotopic (exact) mass is 392 g/mol. The number of benzene rings is 1. The Bertz CT molecular complexity index is 942. The Morgan fingerprint density at radius 2 is 1.93 bits per heavy atom. The Morgan fingerprint density at radius 3 is 2.59 bits per heavy atom. The van der Waals surface area contributed by atoms with Crippen LogP contribution < -0.4 is 16.4 Å². The van der Waals surface area contributed by atoms with Crippen LogP contribution in [0.4, 0.5) is 11.5 Å². The Balaban J connectivity index is 1.93. The predicted molar refractivity (Wildman–Crippen MR) is 120 cm³/mol. The van der Waals surface area contributed by atoms with Crippen LogP contribution in [0.25, 0.3) is 5.57 Å². The number of nitrogens with two attached hydrogens (primary N) is 2. The number of rotatable bonds is 5. The summed E-state index contributed by atoms with van der Waals surface area (Å²) in [7, 11) is 1.69. The fourth-order valence-corrected chi connectivity index (χ4v) is 3.57. The molecule has 2 atom stereocenters. The van der Waals surface area contributed by atoms with Gasteiger partial charge in [-0.05, 0) is 43.7 Å². The van der Waals surface area contributed by atoms with Crippen molar-refractivity contribution < 1.29 is 4.74 Å². The highest BCUT2D eigenvalue weighted by Crippen LogP contribution is 2.24. The molecule has 0 saturated carbocycles. The Labute approximate surface area is 171 Å². The number of ether oxygens (including phenoxy) is 1. The van der Waals surface area contributed by atoms with Crippen molar-refractivity contribution >= 4 is 29.0 Å². The molecule has 3 rings (SSSR count). The predicted octanol–water partition coefficient (Wildman–Crippen LogP) is 2.69. The van der Waals surface area contributed by atoms with Crippen LogP contribution >= 0.6 is 0 Å². The zero-order chi connectivity index (χ0) is 21.0. The normalized spacial score (nSPS) is 20.2. The average Bonchev–Trinajstić information content (AvgIpc) is 2.71. The molecule has 7 heteroatoms. The number of pyridine rings is 1. The molecule has 2 aromatic rings. The molecule has 0 amide bonds. The highest BCUT2D eigenvalue weighted by molar-refractivity contribution is 6.16. The van der Waals surface area contributed by atoms with Gasteiger partial charge in [0.15, 0.2) is 0 Å². The van der Waals surface area contributed by atoms with E-state index in [4.69, 9.17) is 21.6 Å². The van der Waals surface area contributed by atoms with Gasteiger partial charge in [0, 0.05) is 61.1 Å². The third-order valence-corrected chi connectivity index (χ3v) is 4.88. The number of nitrogen functional groups attached to an aromatic ring is 1. The number of allylic oxidation sites excluding steroid dienone is 1. The summed E-state index contributed by atoms with van der Waals surface area (Å²) in [6, 6.07) is 9.31. The number of hydrogen-bond donors (Lipinski definition) is 3. The highest BCUT2D eigenvalue weighted by atomic mass is 16.5. The third-order valence-electron chi connectivity index (χ3n) is 4.88. The lowest BCUT2D eigenvalue weighted by Crippen LogP contribution is -2.45. The molecule has 1 aromatic heterocycles. The van der Waals surface area contributed by atoms with Gasteiger partial charge >= 0.3 is 0 Å². The van der Waals surface area contributed by atoms with E-state index in [1.165, 1.54) is 6.20 Å². The molecule has 1 saturated heterocycles. The van der Waals surface area contributed by atoms with Crippen molar-refractivity contribution in [3.63, 3.8) is 0 Å². The van der Waals surface area contributed by atoms with E-state index in [0.29, 0.717) is 17.0 Å². The first-order valence-electron chi connectivity index (χ1n) is 9.62. The van der Waals surface area contributed by atoms with Crippen LogP contribution in [0, 0.1) is 5.41 Å². The number of aromatic nitrogens is 1. The van der Waals surface area contributed by atoms with Gasteiger partial charge in [-0.2, -0.15) is 0 Å². The number of nitrogens with zero attached hydrogens (tertiary/aromatic N) is 3. The van der Waals surface area contributed by atoms with E-state index in [9.17, 15) is 0 Å². The number of hydrogen-bond acceptors (Lipinski definition) is 7. The molecule has 2 heterocycles. The van der Waals surface area contributed by atoms with Gasteiger partial charge in [-0.3, -0.25) is 10.4 Å². The second-order valence-electron chi connectivity index (χ2n) is 7.25. The van der Waals surface area contributed by atoms with E-state index in [1.807, 2.05) is 24.3 Å². The molecule has 1 aromatic carbocycles. The van der Waals surface area contributed by atoms with Crippen molar-refractivity contribution in [1.82, 2.24) is 4.98 Å². The molecule has 29 heavy (non-hydrogen) atoms. The van der Waals surface area contributed by atoms with E-state index in [1.54, 1.807) is 25.5 Å². The summed E-state index contributed by atoms with van der Waals surface area (Å²) in [4.78, 5) is 10.7. The molecular formula is C22H28N6O. The molecule has 2 unspecified atom stereocenters. The second-order valence-corrected chi connectivity index (χ2v) is 7.25. The summed E-state index contributed by atoms with van der Waals surface area (Å²) in [5, 5.41) is 8.76. The van der Waals surface area contributed by atoms with Crippen molar-refractivity contribution in [2.45, 2.75) is 26.1 Å². The fraction of sp³-hybridized carbons (Fsp3) is 0.318. The maximum Gasteiger partial charge on any atom is 0.129 e. The first kappa shape index (κ1) is 20.5. The standard InChI is InChI=1S/C22H28N6O/c1-14-12-28(13-15(2)29-14)21-9-17(6-7-27-21)22(25)19-8-16(4-5-20(19)24)18(10-23)11-26-3/h4-11,14-15,25H,12-13,23-24H2,1-3H3. The zero-order valence-corrected chi connectivity index (χ0v) is 17.1. The maximum atomic E-state index is 8.76. The molecule has 1 aliphatic heterocycles. The molecule has 7 nitrogen and oxygen atoms in total. The minimum atomic E-state index is 0.137. The fourth-order valence-electron chi connectivity index (χ4n) is 3.57. The highest BCUT2D eigenvalue weighted by Gasteiger charge is 2.23. The van der Waals surface area contributed by atoms with Crippen LogP contribution in [-0.4, -0.2) is 49.3 Å². The van der Waals surface area contributed by atoms with E-state index in [-0.39, 0.29) is 12.2 Å². The molecule has 5 N–H and O–H groups in total. The second kappa shape index (κ2) is 8.87. The van der Waals surface area contributed by atoms with Crippen LogP contribution in [0.15, 0.2) is 47.7 Å². The Morgan fingerprint density at radius 1 is 1.21 bits per heavy atom. The van der Waals surface area contributed by atoms with E-state index < -0.39 is 0 Å². The molecule has 152 valence electrons. The summed E-state index contributed by atoms with van der Waals surface area (Å²) < 4.78 is 5.81. The van der Waals surface area contributed by atoms with Crippen molar-refractivity contribution in [2.75, 3.05) is 30.8 Å². The quantitative estimate of drug-likeness (QED) is 0.535. The van der Waals surface area contributed by atoms with Gasteiger partial charge in [-0.1, -0.05) is 6.07 Å². The van der Waals surface area contributed by atoms with E-state index >= 15 is 0 Å². The molecule has 1 fully saturated rings. The van der Waals surface area contributed by atoms with E-state index in [2.05, 4.69) is 28.7 Å². The number of morpholine rings is 1. The molecule has 0 radical (unpaired) electrons. The summed E-state index contributed by atoms with van der Waals surface area (Å²) >= 11 is 0. The SMILES string of the molecule is CN=CC(=CN)c1ccc(N)c(C(=N)c2ccnc(N3CC(C)OC(C)C3)c2)c1. The molecule has 0 aliphatic carbocycles. The van der Waals surface area contributed by atoms with Gasteiger partial charge in [0.1, 0.15) is 5.82 Å². The number of nitrogens with one attached hydrogen (secondary N) is 1. The topological polar surface area (TPSA) is 114 Å². The zero-order valence-electron chi connectivity index (χ0n) is 17.1. The third kappa shape index (κ3) is 4.63. The van der Waals surface area contributed by atoms with Gasteiger partial charge in [0.2, 0.25) is 0 Å². The smallest absolute Gasteiger partial charge is 0.129 e. The maximum absolute atomic E-state index is 8.76. The van der Waals surface area contributed by atoms with Crippen molar-refractivity contribution in [3.8, 4) is 0 Å². The molecular weight excluding hydrogens is 364 g/mol. The number of aliphatic imine (C=N–C) groups is 1. The molecule has 1 aliphatic rings. The van der Waals surface area contributed by atoms with Gasteiger partial charge in [-0.25, -0.2) is 4.98 Å². The van der Waals surface area contributed by atoms with Gasteiger partial charge < -0.3 is 21.1 Å². The lowest BCUT2D eigenvalue weighted by molar-refractivity contribution is -0.00545. The summed E-state index contributed by atoms with van der Waals surface area (Å²) in [5.41, 5.74) is 15.8. The van der Waals surface area contributed by atoms with Crippen LogP contribution in [0.1, 0.15) is 30.5 Å². The van der Waals surface area contributed by atoms with Gasteiger partial charge in [0.25, 0.3) is 0 Å². The minimum Gasteiger partial charge on any atom is -0.404 e. The Kier molecular flexibility index (Phi) is 6.29. The Hall–Kier alpha value is -3.19. The van der Waals surface area contributed by atoms with Crippen LogP contribution in [-0.2, 0) is 4.74 Å². The van der Waals surface area contributed by atoms with Gasteiger partial charge in [0.05, 0.1) is 17.9 Å². The minimum absolute atomic E-state index is 0.137. The van der Waals surface area contributed by atoms with Crippen LogP contribution in [0.3, 0.4) is 0 Å². The summed E-state index contributed by atoms with van der Waals surface area (Å²) in [6.45, 7) is 5.66. The summed E-state index contributed by atoms with van der Waals surface area (Å²) in [6.07, 6.45) is 5.19. The average molecular weight is 393 g/mol. The van der Waals surface area contributed by atoms with Crippen molar-refractivity contribution in [1.29, 1.82) is 5.41 Å².